The second-order valence-electron chi connectivity index (χ2n) is 8.99. The average Bonchev–Trinajstić information content (AvgIpc) is 3.43. The number of hydrogen-bond donors (Lipinski definition) is 3. The molecule has 0 unspecified atom stereocenters. The maximum absolute atomic E-state index is 12.3. The standard InChI is InChI=1S/C25H31N3O4S/c29-24(15-10-18-8-13-23(14-9-18)33(31,32)28-21-11-12-21)26-17-19-4-3-7-22(16-19)27-25(30)20-5-1-2-6-20/h3-4,7-9,13-14,16,20-21,28H,1-2,5-6,10-12,15,17H2,(H,26,29)(H,27,30). The predicted molar refractivity (Wildman–Crippen MR) is 127 cm³/mol. The first-order valence-corrected chi connectivity index (χ1v) is 13.2. The first-order chi connectivity index (χ1) is 15.9. The molecule has 0 bridgehead atoms. The van der Waals surface area contributed by atoms with Crippen molar-refractivity contribution in [2.45, 2.75) is 68.8 Å². The summed E-state index contributed by atoms with van der Waals surface area (Å²) < 4.78 is 27.1. The van der Waals surface area contributed by atoms with Crippen molar-refractivity contribution in [2.75, 3.05) is 5.32 Å². The van der Waals surface area contributed by atoms with Gasteiger partial charge in [-0.3, -0.25) is 9.59 Å². The van der Waals surface area contributed by atoms with Crippen molar-refractivity contribution in [3.05, 3.63) is 59.7 Å². The third-order valence-corrected chi connectivity index (χ3v) is 7.72. The summed E-state index contributed by atoms with van der Waals surface area (Å²) in [6.07, 6.45) is 6.77. The topological polar surface area (TPSA) is 104 Å². The summed E-state index contributed by atoms with van der Waals surface area (Å²) in [5.74, 6) is 0.107. The molecular weight excluding hydrogens is 438 g/mol. The van der Waals surface area contributed by atoms with Gasteiger partial charge in [0.1, 0.15) is 0 Å². The predicted octanol–water partition coefficient (Wildman–Crippen LogP) is 3.51. The fraction of sp³-hybridized carbons (Fsp3) is 0.440. The minimum atomic E-state index is -3.46. The molecule has 2 aromatic carbocycles. The van der Waals surface area contributed by atoms with Gasteiger partial charge in [-0.1, -0.05) is 37.1 Å². The van der Waals surface area contributed by atoms with Crippen LogP contribution in [0.5, 0.6) is 0 Å². The van der Waals surface area contributed by atoms with Gasteiger partial charge in [-0.25, -0.2) is 13.1 Å². The summed E-state index contributed by atoms with van der Waals surface area (Å²) in [4.78, 5) is 24.9. The van der Waals surface area contributed by atoms with Crippen LogP contribution >= 0.6 is 0 Å². The number of benzene rings is 2. The summed E-state index contributed by atoms with van der Waals surface area (Å²) >= 11 is 0. The molecule has 0 heterocycles. The lowest BCUT2D eigenvalue weighted by atomic mass is 10.1. The quantitative estimate of drug-likeness (QED) is 0.495. The number of nitrogens with one attached hydrogen (secondary N) is 3. The SMILES string of the molecule is O=C(CCc1ccc(S(=O)(=O)NC2CC2)cc1)NCc1cccc(NC(=O)C2CCCC2)c1. The summed E-state index contributed by atoms with van der Waals surface area (Å²) in [6, 6.07) is 14.3. The molecule has 3 N–H and O–H groups in total. The van der Waals surface area contributed by atoms with Gasteiger partial charge in [0.2, 0.25) is 21.8 Å². The van der Waals surface area contributed by atoms with Crippen LogP contribution in [0.25, 0.3) is 0 Å². The largest absolute Gasteiger partial charge is 0.352 e. The molecule has 2 fully saturated rings. The van der Waals surface area contributed by atoms with E-state index in [1.807, 2.05) is 24.3 Å². The maximum Gasteiger partial charge on any atom is 0.240 e. The highest BCUT2D eigenvalue weighted by Crippen LogP contribution is 2.26. The van der Waals surface area contributed by atoms with Crippen LogP contribution in [0.4, 0.5) is 5.69 Å². The third kappa shape index (κ3) is 6.88. The highest BCUT2D eigenvalue weighted by atomic mass is 32.2. The number of rotatable bonds is 10. The molecule has 2 aliphatic rings. The fourth-order valence-electron chi connectivity index (χ4n) is 4.06. The molecule has 0 atom stereocenters. The summed E-state index contributed by atoms with van der Waals surface area (Å²) in [7, 11) is -3.46. The van der Waals surface area contributed by atoms with Crippen LogP contribution < -0.4 is 15.4 Å². The van der Waals surface area contributed by atoms with E-state index in [2.05, 4.69) is 15.4 Å². The van der Waals surface area contributed by atoms with Crippen LogP contribution in [-0.2, 0) is 32.6 Å². The van der Waals surface area contributed by atoms with Gasteiger partial charge in [0.05, 0.1) is 4.90 Å². The van der Waals surface area contributed by atoms with Crippen molar-refractivity contribution in [2.24, 2.45) is 5.92 Å². The van der Waals surface area contributed by atoms with Gasteiger partial charge in [-0.15, -0.1) is 0 Å². The highest BCUT2D eigenvalue weighted by Gasteiger charge is 2.27. The highest BCUT2D eigenvalue weighted by molar-refractivity contribution is 7.89. The molecule has 0 spiro atoms. The van der Waals surface area contributed by atoms with E-state index < -0.39 is 10.0 Å². The van der Waals surface area contributed by atoms with Crippen LogP contribution in [0.2, 0.25) is 0 Å². The first-order valence-electron chi connectivity index (χ1n) is 11.7. The lowest BCUT2D eigenvalue weighted by Crippen LogP contribution is -2.25. The lowest BCUT2D eigenvalue weighted by Gasteiger charge is -2.12. The van der Waals surface area contributed by atoms with E-state index in [-0.39, 0.29) is 28.7 Å². The van der Waals surface area contributed by atoms with Gasteiger partial charge in [0.25, 0.3) is 0 Å². The molecule has 7 nitrogen and oxygen atoms in total. The molecule has 33 heavy (non-hydrogen) atoms. The molecule has 4 rings (SSSR count). The van der Waals surface area contributed by atoms with Gasteiger partial charge in [-0.2, -0.15) is 0 Å². The van der Waals surface area contributed by atoms with E-state index >= 15 is 0 Å². The second kappa shape index (κ2) is 10.5. The zero-order chi connectivity index (χ0) is 23.3. The van der Waals surface area contributed by atoms with E-state index in [0.29, 0.717) is 19.4 Å². The lowest BCUT2D eigenvalue weighted by molar-refractivity contribution is -0.121. The van der Waals surface area contributed by atoms with Crippen molar-refractivity contribution in [1.82, 2.24) is 10.0 Å². The van der Waals surface area contributed by atoms with Gasteiger partial charge in [-0.05, 0) is 67.5 Å². The molecule has 0 aromatic heterocycles. The van der Waals surface area contributed by atoms with Crippen LogP contribution in [0, 0.1) is 5.92 Å². The normalized spacial score (nSPS) is 16.5. The molecule has 2 amide bonds. The van der Waals surface area contributed by atoms with Crippen LogP contribution in [0.15, 0.2) is 53.4 Å². The van der Waals surface area contributed by atoms with Crippen molar-refractivity contribution >= 4 is 27.5 Å². The molecule has 0 aliphatic heterocycles. The van der Waals surface area contributed by atoms with E-state index in [0.717, 1.165) is 55.3 Å². The number of amides is 2. The number of anilines is 1. The molecule has 2 aliphatic carbocycles. The van der Waals surface area contributed by atoms with Crippen molar-refractivity contribution in [1.29, 1.82) is 0 Å². The molecular formula is C25H31N3O4S. The molecule has 0 radical (unpaired) electrons. The number of carbonyl (C=O) groups excluding carboxylic acids is 2. The molecule has 0 saturated heterocycles. The Hall–Kier alpha value is -2.71. The average molecular weight is 470 g/mol. The molecule has 8 heteroatoms. The Morgan fingerprint density at radius 2 is 1.64 bits per heavy atom. The number of aryl methyl sites for hydroxylation is 1. The van der Waals surface area contributed by atoms with Crippen molar-refractivity contribution in [3.63, 3.8) is 0 Å². The zero-order valence-corrected chi connectivity index (χ0v) is 19.5. The van der Waals surface area contributed by atoms with Crippen molar-refractivity contribution < 1.29 is 18.0 Å². The summed E-state index contributed by atoms with van der Waals surface area (Å²) in [6.45, 7) is 0.385. The van der Waals surface area contributed by atoms with E-state index in [1.54, 1.807) is 24.3 Å². The molecule has 176 valence electrons. The van der Waals surface area contributed by atoms with Crippen LogP contribution in [-0.4, -0.2) is 26.3 Å². The second-order valence-corrected chi connectivity index (χ2v) is 10.7. The number of carbonyl (C=O) groups is 2. The Bertz CT molecular complexity index is 1090. The van der Waals surface area contributed by atoms with Crippen LogP contribution in [0.3, 0.4) is 0 Å². The Kier molecular flexibility index (Phi) is 7.45. The maximum atomic E-state index is 12.3. The van der Waals surface area contributed by atoms with Gasteiger partial charge in [0.15, 0.2) is 0 Å². The monoisotopic (exact) mass is 469 g/mol. The summed E-state index contributed by atoms with van der Waals surface area (Å²) in [5, 5.41) is 5.90. The fourth-order valence-corrected chi connectivity index (χ4v) is 5.37. The van der Waals surface area contributed by atoms with Crippen molar-refractivity contribution in [3.8, 4) is 0 Å². The van der Waals surface area contributed by atoms with Crippen LogP contribution in [0.1, 0.15) is 56.1 Å². The third-order valence-electron chi connectivity index (χ3n) is 6.18. The summed E-state index contributed by atoms with van der Waals surface area (Å²) in [5.41, 5.74) is 2.59. The minimum Gasteiger partial charge on any atom is -0.352 e. The van der Waals surface area contributed by atoms with E-state index in [4.69, 9.17) is 0 Å². The smallest absolute Gasteiger partial charge is 0.240 e. The Morgan fingerprint density at radius 3 is 2.33 bits per heavy atom. The van der Waals surface area contributed by atoms with E-state index in [9.17, 15) is 18.0 Å². The van der Waals surface area contributed by atoms with Gasteiger partial charge < -0.3 is 10.6 Å². The van der Waals surface area contributed by atoms with Gasteiger partial charge in [0, 0.05) is 30.6 Å². The Labute approximate surface area is 195 Å². The molecule has 2 saturated carbocycles. The van der Waals surface area contributed by atoms with E-state index in [1.165, 1.54) is 0 Å². The van der Waals surface area contributed by atoms with Gasteiger partial charge >= 0.3 is 0 Å². The molecule has 2 aromatic rings. The number of hydrogen-bond acceptors (Lipinski definition) is 4. The Balaban J connectivity index is 1.22. The minimum absolute atomic E-state index is 0.0719. The zero-order valence-electron chi connectivity index (χ0n) is 18.7. The number of sulfonamides is 1. The Morgan fingerprint density at radius 1 is 0.909 bits per heavy atom. The first kappa shape index (κ1) is 23.4.